The van der Waals surface area contributed by atoms with Crippen LogP contribution in [0.25, 0.3) is 0 Å². The molecule has 0 unspecified atom stereocenters. The normalized spacial score (nSPS) is 9.80. The maximum atomic E-state index is 11.5. The predicted octanol–water partition coefficient (Wildman–Crippen LogP) is 1.73. The lowest BCUT2D eigenvalue weighted by Gasteiger charge is -2.15. The SMILES string of the molecule is CCN(C)C(=O)CNc1ncccc1Br. The number of aromatic nitrogens is 1. The van der Waals surface area contributed by atoms with E-state index in [9.17, 15) is 4.79 Å². The number of nitrogens with zero attached hydrogens (tertiary/aromatic N) is 2. The fourth-order valence-corrected chi connectivity index (χ4v) is 1.38. The van der Waals surface area contributed by atoms with Crippen molar-refractivity contribution in [2.24, 2.45) is 0 Å². The number of anilines is 1. The minimum Gasteiger partial charge on any atom is -0.360 e. The first-order valence-corrected chi connectivity index (χ1v) is 5.52. The van der Waals surface area contributed by atoms with E-state index in [0.29, 0.717) is 12.4 Å². The van der Waals surface area contributed by atoms with Gasteiger partial charge in [0.25, 0.3) is 0 Å². The highest BCUT2D eigenvalue weighted by atomic mass is 79.9. The van der Waals surface area contributed by atoms with Crippen LogP contribution >= 0.6 is 15.9 Å². The second kappa shape index (κ2) is 5.70. The van der Waals surface area contributed by atoms with Gasteiger partial charge in [-0.15, -0.1) is 0 Å². The monoisotopic (exact) mass is 271 g/mol. The number of nitrogens with one attached hydrogen (secondary N) is 1. The predicted molar refractivity (Wildman–Crippen MR) is 63.7 cm³/mol. The van der Waals surface area contributed by atoms with Crippen LogP contribution in [-0.2, 0) is 4.79 Å². The van der Waals surface area contributed by atoms with Crippen LogP contribution in [0, 0.1) is 0 Å². The van der Waals surface area contributed by atoms with Crippen molar-refractivity contribution in [3.8, 4) is 0 Å². The van der Waals surface area contributed by atoms with Crippen LogP contribution in [0.5, 0.6) is 0 Å². The molecule has 1 amide bonds. The van der Waals surface area contributed by atoms with Crippen molar-refractivity contribution < 1.29 is 4.79 Å². The zero-order chi connectivity index (χ0) is 11.3. The summed E-state index contributed by atoms with van der Waals surface area (Å²) in [7, 11) is 1.78. The molecular formula is C10H14BrN3O. The summed E-state index contributed by atoms with van der Waals surface area (Å²) in [5, 5.41) is 2.98. The Morgan fingerprint density at radius 1 is 1.67 bits per heavy atom. The van der Waals surface area contributed by atoms with E-state index in [1.807, 2.05) is 19.1 Å². The maximum absolute atomic E-state index is 11.5. The van der Waals surface area contributed by atoms with Crippen molar-refractivity contribution in [2.45, 2.75) is 6.92 Å². The molecule has 0 aliphatic rings. The van der Waals surface area contributed by atoms with Crippen molar-refractivity contribution in [1.82, 2.24) is 9.88 Å². The summed E-state index contributed by atoms with van der Waals surface area (Å²) in [5.41, 5.74) is 0. The Kier molecular flexibility index (Phi) is 4.55. The Bertz CT molecular complexity index is 343. The number of carbonyl (C=O) groups excluding carboxylic acids is 1. The fraction of sp³-hybridized carbons (Fsp3) is 0.400. The van der Waals surface area contributed by atoms with E-state index >= 15 is 0 Å². The number of carbonyl (C=O) groups is 1. The lowest BCUT2D eigenvalue weighted by Crippen LogP contribution is -2.32. The van der Waals surface area contributed by atoms with Gasteiger partial charge < -0.3 is 10.2 Å². The Balaban J connectivity index is 2.51. The number of likely N-dealkylation sites (N-methyl/N-ethyl adjacent to an activating group) is 1. The van der Waals surface area contributed by atoms with Crippen molar-refractivity contribution in [1.29, 1.82) is 0 Å². The van der Waals surface area contributed by atoms with E-state index in [1.54, 1.807) is 18.1 Å². The zero-order valence-electron chi connectivity index (χ0n) is 8.83. The van der Waals surface area contributed by atoms with Crippen LogP contribution in [0.2, 0.25) is 0 Å². The van der Waals surface area contributed by atoms with E-state index in [4.69, 9.17) is 0 Å². The maximum Gasteiger partial charge on any atom is 0.241 e. The minimum atomic E-state index is 0.0510. The van der Waals surface area contributed by atoms with Crippen molar-refractivity contribution >= 4 is 27.7 Å². The first kappa shape index (κ1) is 12.0. The molecule has 1 rings (SSSR count). The van der Waals surface area contributed by atoms with Gasteiger partial charge in [-0.3, -0.25) is 4.79 Å². The molecule has 1 heterocycles. The zero-order valence-corrected chi connectivity index (χ0v) is 10.4. The van der Waals surface area contributed by atoms with Gasteiger partial charge in [-0.2, -0.15) is 0 Å². The van der Waals surface area contributed by atoms with Gasteiger partial charge in [0.2, 0.25) is 5.91 Å². The van der Waals surface area contributed by atoms with Crippen LogP contribution in [0.1, 0.15) is 6.92 Å². The Hall–Kier alpha value is -1.10. The lowest BCUT2D eigenvalue weighted by atomic mass is 10.4. The van der Waals surface area contributed by atoms with E-state index in [0.717, 1.165) is 4.47 Å². The average molecular weight is 272 g/mol. The molecule has 0 atom stereocenters. The second-order valence-electron chi connectivity index (χ2n) is 3.10. The van der Waals surface area contributed by atoms with Gasteiger partial charge in [-0.25, -0.2) is 4.98 Å². The summed E-state index contributed by atoms with van der Waals surface area (Å²) in [6.07, 6.45) is 1.68. The summed E-state index contributed by atoms with van der Waals surface area (Å²) in [5.74, 6) is 0.741. The molecule has 1 N–H and O–H groups in total. The van der Waals surface area contributed by atoms with Crippen molar-refractivity contribution in [2.75, 3.05) is 25.5 Å². The molecule has 0 saturated carbocycles. The molecule has 0 aliphatic carbocycles. The second-order valence-corrected chi connectivity index (χ2v) is 3.95. The third-order valence-corrected chi connectivity index (χ3v) is 2.71. The average Bonchev–Trinajstić information content (AvgIpc) is 2.26. The van der Waals surface area contributed by atoms with Gasteiger partial charge in [0, 0.05) is 19.8 Å². The number of halogens is 1. The molecule has 0 saturated heterocycles. The lowest BCUT2D eigenvalue weighted by molar-refractivity contribution is -0.127. The standard InChI is InChI=1S/C10H14BrN3O/c1-3-14(2)9(15)7-13-10-8(11)5-4-6-12-10/h4-6H,3,7H2,1-2H3,(H,12,13). The molecule has 1 aromatic heterocycles. The van der Waals surface area contributed by atoms with Crippen molar-refractivity contribution in [3.63, 3.8) is 0 Å². The number of rotatable bonds is 4. The summed E-state index contributed by atoms with van der Waals surface area (Å²) < 4.78 is 0.858. The molecule has 1 aromatic rings. The molecule has 15 heavy (non-hydrogen) atoms. The molecule has 0 fully saturated rings. The van der Waals surface area contributed by atoms with Crippen LogP contribution in [0.4, 0.5) is 5.82 Å². The Morgan fingerprint density at radius 3 is 3.00 bits per heavy atom. The molecule has 0 aliphatic heterocycles. The van der Waals surface area contributed by atoms with E-state index in [2.05, 4.69) is 26.2 Å². The van der Waals surface area contributed by atoms with E-state index < -0.39 is 0 Å². The fourth-order valence-electron chi connectivity index (χ4n) is 0.986. The number of pyridine rings is 1. The summed E-state index contributed by atoms with van der Waals surface area (Å²) in [6, 6.07) is 3.71. The number of amides is 1. The van der Waals surface area contributed by atoms with Crippen LogP contribution in [-0.4, -0.2) is 35.9 Å². The largest absolute Gasteiger partial charge is 0.360 e. The van der Waals surface area contributed by atoms with Gasteiger partial charge in [0.1, 0.15) is 5.82 Å². The van der Waals surface area contributed by atoms with Gasteiger partial charge >= 0.3 is 0 Å². The minimum absolute atomic E-state index is 0.0510. The highest BCUT2D eigenvalue weighted by Crippen LogP contribution is 2.17. The quantitative estimate of drug-likeness (QED) is 0.908. The van der Waals surface area contributed by atoms with Gasteiger partial charge in [0.15, 0.2) is 0 Å². The molecule has 0 bridgehead atoms. The summed E-state index contributed by atoms with van der Waals surface area (Å²) >= 11 is 3.35. The highest BCUT2D eigenvalue weighted by molar-refractivity contribution is 9.10. The Morgan fingerprint density at radius 2 is 2.40 bits per heavy atom. The number of hydrogen-bond acceptors (Lipinski definition) is 3. The highest BCUT2D eigenvalue weighted by Gasteiger charge is 2.07. The van der Waals surface area contributed by atoms with Crippen LogP contribution in [0.15, 0.2) is 22.8 Å². The Labute approximate surface area is 97.8 Å². The van der Waals surface area contributed by atoms with Gasteiger partial charge in [-0.05, 0) is 35.0 Å². The van der Waals surface area contributed by atoms with Crippen LogP contribution in [0.3, 0.4) is 0 Å². The molecule has 0 aromatic carbocycles. The molecular weight excluding hydrogens is 258 g/mol. The van der Waals surface area contributed by atoms with E-state index in [1.165, 1.54) is 0 Å². The molecule has 5 heteroatoms. The van der Waals surface area contributed by atoms with Gasteiger partial charge in [0.05, 0.1) is 11.0 Å². The third kappa shape index (κ3) is 3.51. The first-order chi connectivity index (χ1) is 7.15. The third-order valence-electron chi connectivity index (χ3n) is 2.07. The number of hydrogen-bond donors (Lipinski definition) is 1. The molecule has 0 spiro atoms. The van der Waals surface area contributed by atoms with Gasteiger partial charge in [-0.1, -0.05) is 0 Å². The van der Waals surface area contributed by atoms with E-state index in [-0.39, 0.29) is 12.5 Å². The molecule has 82 valence electrons. The first-order valence-electron chi connectivity index (χ1n) is 4.73. The summed E-state index contributed by atoms with van der Waals surface area (Å²) in [4.78, 5) is 17.2. The summed E-state index contributed by atoms with van der Waals surface area (Å²) in [6.45, 7) is 2.92. The molecule has 4 nitrogen and oxygen atoms in total. The van der Waals surface area contributed by atoms with Crippen LogP contribution < -0.4 is 5.32 Å². The van der Waals surface area contributed by atoms with Crippen molar-refractivity contribution in [3.05, 3.63) is 22.8 Å². The topological polar surface area (TPSA) is 45.2 Å². The molecule has 0 radical (unpaired) electrons. The smallest absolute Gasteiger partial charge is 0.241 e.